The second kappa shape index (κ2) is 8.08. The fourth-order valence-electron chi connectivity index (χ4n) is 2.75. The molecule has 0 aliphatic rings. The van der Waals surface area contributed by atoms with E-state index in [4.69, 9.17) is 4.74 Å². The van der Waals surface area contributed by atoms with Crippen molar-refractivity contribution in [1.82, 2.24) is 9.55 Å². The van der Waals surface area contributed by atoms with Crippen LogP contribution in [0.5, 0.6) is 5.75 Å². The molecule has 0 radical (unpaired) electrons. The molecule has 29 heavy (non-hydrogen) atoms. The lowest BCUT2D eigenvalue weighted by atomic mass is 10.2. The minimum Gasteiger partial charge on any atom is -0.495 e. The van der Waals surface area contributed by atoms with Gasteiger partial charge >= 0.3 is 6.18 Å². The summed E-state index contributed by atoms with van der Waals surface area (Å²) in [6.45, 7) is 1.21. The van der Waals surface area contributed by atoms with Crippen molar-refractivity contribution in [2.75, 3.05) is 12.0 Å². The lowest BCUT2D eigenvalue weighted by molar-refractivity contribution is -0.139. The van der Waals surface area contributed by atoms with Crippen LogP contribution in [0.25, 0.3) is 0 Å². The van der Waals surface area contributed by atoms with Crippen molar-refractivity contribution in [3.8, 4) is 5.75 Å². The van der Waals surface area contributed by atoms with Crippen LogP contribution in [0.4, 0.5) is 24.0 Å². The Morgan fingerprint density at radius 2 is 1.97 bits per heavy atom. The number of anilines is 2. The van der Waals surface area contributed by atoms with Crippen LogP contribution in [-0.4, -0.2) is 22.6 Å². The molecule has 152 valence electrons. The molecule has 0 aliphatic heterocycles. The van der Waals surface area contributed by atoms with Gasteiger partial charge in [0.2, 0.25) is 5.91 Å². The predicted octanol–water partition coefficient (Wildman–Crippen LogP) is 4.07. The van der Waals surface area contributed by atoms with Gasteiger partial charge in [-0.3, -0.25) is 14.5 Å². The zero-order valence-electron chi connectivity index (χ0n) is 15.4. The van der Waals surface area contributed by atoms with Crippen LogP contribution in [-0.2, 0) is 17.5 Å². The number of para-hydroxylation sites is 2. The number of hydrogen-bond donors (Lipinski definition) is 0. The second-order valence-electron chi connectivity index (χ2n) is 6.00. The van der Waals surface area contributed by atoms with Gasteiger partial charge in [0.1, 0.15) is 11.3 Å². The molecular weight excluding hydrogens is 407 g/mol. The maximum absolute atomic E-state index is 12.9. The van der Waals surface area contributed by atoms with E-state index in [1.807, 2.05) is 0 Å². The third kappa shape index (κ3) is 4.32. The highest BCUT2D eigenvalue weighted by atomic mass is 32.1. The summed E-state index contributed by atoms with van der Waals surface area (Å²) < 4.78 is 45.1. The van der Waals surface area contributed by atoms with E-state index in [1.54, 1.807) is 29.6 Å². The first-order chi connectivity index (χ1) is 13.7. The van der Waals surface area contributed by atoms with Crippen LogP contribution in [0.15, 0.2) is 52.8 Å². The summed E-state index contributed by atoms with van der Waals surface area (Å²) in [5, 5.41) is 1.91. The number of carbonyl (C=O) groups excluding carboxylic acids is 1. The largest absolute Gasteiger partial charge is 0.495 e. The highest BCUT2D eigenvalue weighted by molar-refractivity contribution is 7.14. The molecule has 0 N–H and O–H groups in total. The highest BCUT2D eigenvalue weighted by Gasteiger charge is 2.34. The molecule has 0 aliphatic carbocycles. The standard InChI is InChI=1S/C19H16F3N3O3S/c1-12(26)25(15-7-3-4-8-16(15)28-2)18-23-13(11-29-18)10-24-9-5-6-14(17(24)27)19(20,21)22/h3-9,11H,10H2,1-2H3. The Hall–Kier alpha value is -3.14. The Kier molecular flexibility index (Phi) is 5.73. The van der Waals surface area contributed by atoms with Crippen LogP contribution >= 0.6 is 11.3 Å². The molecule has 2 heterocycles. The van der Waals surface area contributed by atoms with Crippen LogP contribution in [0.1, 0.15) is 18.2 Å². The fraction of sp³-hybridized carbons (Fsp3) is 0.211. The number of thiazole rings is 1. The molecule has 0 saturated heterocycles. The van der Waals surface area contributed by atoms with Crippen molar-refractivity contribution in [2.45, 2.75) is 19.6 Å². The normalized spacial score (nSPS) is 11.3. The van der Waals surface area contributed by atoms with E-state index in [1.165, 1.54) is 25.1 Å². The lowest BCUT2D eigenvalue weighted by Gasteiger charge is -2.20. The zero-order valence-corrected chi connectivity index (χ0v) is 16.3. The van der Waals surface area contributed by atoms with Crippen molar-refractivity contribution in [2.24, 2.45) is 0 Å². The minimum atomic E-state index is -4.73. The molecule has 0 fully saturated rings. The number of methoxy groups -OCH3 is 1. The van der Waals surface area contributed by atoms with Crippen molar-refractivity contribution in [3.63, 3.8) is 0 Å². The van der Waals surface area contributed by atoms with Crippen LogP contribution in [0.3, 0.4) is 0 Å². The molecule has 3 aromatic rings. The quantitative estimate of drug-likeness (QED) is 0.621. The Morgan fingerprint density at radius 1 is 1.24 bits per heavy atom. The summed E-state index contributed by atoms with van der Waals surface area (Å²) in [6, 6.07) is 8.79. The summed E-state index contributed by atoms with van der Waals surface area (Å²) >= 11 is 1.14. The molecule has 0 saturated carbocycles. The van der Waals surface area contributed by atoms with Crippen LogP contribution in [0, 0.1) is 0 Å². The lowest BCUT2D eigenvalue weighted by Crippen LogP contribution is -2.28. The Labute approximate surface area is 167 Å². The maximum Gasteiger partial charge on any atom is 0.421 e. The number of ether oxygens (including phenoxy) is 1. The molecule has 1 amide bonds. The molecule has 2 aromatic heterocycles. The van der Waals surface area contributed by atoms with Crippen LogP contribution in [0.2, 0.25) is 0 Å². The molecule has 0 bridgehead atoms. The second-order valence-corrected chi connectivity index (χ2v) is 6.84. The molecular formula is C19H16F3N3O3S. The molecule has 0 spiro atoms. The summed E-state index contributed by atoms with van der Waals surface area (Å²) in [6.07, 6.45) is -3.47. The number of amides is 1. The zero-order chi connectivity index (χ0) is 21.2. The number of rotatable bonds is 5. The van der Waals surface area contributed by atoms with Gasteiger partial charge in [-0.25, -0.2) is 4.98 Å². The third-order valence-electron chi connectivity index (χ3n) is 4.03. The summed E-state index contributed by atoms with van der Waals surface area (Å²) in [4.78, 5) is 30.0. The van der Waals surface area contributed by atoms with E-state index in [0.29, 0.717) is 22.3 Å². The number of halogens is 3. The topological polar surface area (TPSA) is 64.4 Å². The average molecular weight is 423 g/mol. The number of aromatic nitrogens is 2. The van der Waals surface area contributed by atoms with Gasteiger partial charge in [0, 0.05) is 18.5 Å². The van der Waals surface area contributed by atoms with Crippen LogP contribution < -0.4 is 15.2 Å². The van der Waals surface area contributed by atoms with Crippen molar-refractivity contribution in [1.29, 1.82) is 0 Å². The molecule has 6 nitrogen and oxygen atoms in total. The number of nitrogens with zero attached hydrogens (tertiary/aromatic N) is 3. The van der Waals surface area contributed by atoms with Gasteiger partial charge in [-0.15, -0.1) is 11.3 Å². The monoisotopic (exact) mass is 423 g/mol. The Balaban J connectivity index is 1.95. The van der Waals surface area contributed by atoms with E-state index >= 15 is 0 Å². The smallest absolute Gasteiger partial charge is 0.421 e. The van der Waals surface area contributed by atoms with Gasteiger partial charge < -0.3 is 9.30 Å². The molecule has 3 rings (SSSR count). The predicted molar refractivity (Wildman–Crippen MR) is 103 cm³/mol. The van der Waals surface area contributed by atoms with Gasteiger partial charge in [-0.05, 0) is 24.3 Å². The number of hydrogen-bond acceptors (Lipinski definition) is 5. The third-order valence-corrected chi connectivity index (χ3v) is 4.90. The van der Waals surface area contributed by atoms with Crippen molar-refractivity contribution in [3.05, 3.63) is 69.6 Å². The van der Waals surface area contributed by atoms with E-state index < -0.39 is 17.3 Å². The highest BCUT2D eigenvalue weighted by Crippen LogP contribution is 2.35. The fourth-order valence-corrected chi connectivity index (χ4v) is 3.62. The van der Waals surface area contributed by atoms with E-state index in [-0.39, 0.29) is 12.5 Å². The average Bonchev–Trinajstić information content (AvgIpc) is 3.10. The summed E-state index contributed by atoms with van der Waals surface area (Å²) in [7, 11) is 1.48. The Morgan fingerprint density at radius 3 is 2.62 bits per heavy atom. The van der Waals surface area contributed by atoms with Gasteiger partial charge in [0.25, 0.3) is 5.56 Å². The molecule has 1 aromatic carbocycles. The number of alkyl halides is 3. The minimum absolute atomic E-state index is 0.156. The van der Waals surface area contributed by atoms with Gasteiger partial charge in [-0.2, -0.15) is 13.2 Å². The molecule has 0 unspecified atom stereocenters. The van der Waals surface area contributed by atoms with Gasteiger partial charge in [0.05, 0.1) is 25.0 Å². The van der Waals surface area contributed by atoms with Gasteiger partial charge in [-0.1, -0.05) is 12.1 Å². The first-order valence-corrected chi connectivity index (χ1v) is 9.25. The molecule has 10 heteroatoms. The number of pyridine rings is 1. The van der Waals surface area contributed by atoms with E-state index in [0.717, 1.165) is 28.0 Å². The Bertz CT molecular complexity index is 1090. The van der Waals surface area contributed by atoms with Gasteiger partial charge in [0.15, 0.2) is 5.13 Å². The molecule has 0 atom stereocenters. The number of carbonyl (C=O) groups is 1. The van der Waals surface area contributed by atoms with Crippen molar-refractivity contribution < 1.29 is 22.7 Å². The first kappa shape index (κ1) is 20.6. The summed E-state index contributed by atoms with van der Waals surface area (Å²) in [5.41, 5.74) is -1.55. The summed E-state index contributed by atoms with van der Waals surface area (Å²) in [5.74, 6) is 0.153. The SMILES string of the molecule is COc1ccccc1N(C(C)=O)c1nc(Cn2cccc(C(F)(F)F)c2=O)cs1. The first-order valence-electron chi connectivity index (χ1n) is 8.37. The van der Waals surface area contributed by atoms with E-state index in [9.17, 15) is 22.8 Å². The maximum atomic E-state index is 12.9. The van der Waals surface area contributed by atoms with Crippen molar-refractivity contribution >= 4 is 28.1 Å². The van der Waals surface area contributed by atoms with E-state index in [2.05, 4.69) is 4.98 Å². The number of benzene rings is 1.